The molecular formula is C37H72O11. The molecule has 2 saturated heterocycles. The number of hydrogen-bond donors (Lipinski definition) is 7. The Morgan fingerprint density at radius 3 is 1.29 bits per heavy atom. The maximum atomic E-state index is 11.0. The highest BCUT2D eigenvalue weighted by atomic mass is 16.7. The summed E-state index contributed by atoms with van der Waals surface area (Å²) in [7, 11) is 0. The lowest BCUT2D eigenvalue weighted by Gasteiger charge is -2.46. The Bertz CT molecular complexity index is 757. The Labute approximate surface area is 290 Å². The van der Waals surface area contributed by atoms with Crippen molar-refractivity contribution in [3.8, 4) is 0 Å². The van der Waals surface area contributed by atoms with Crippen LogP contribution in [-0.4, -0.2) is 116 Å². The van der Waals surface area contributed by atoms with E-state index in [0.29, 0.717) is 0 Å². The van der Waals surface area contributed by atoms with Gasteiger partial charge in [-0.2, -0.15) is 0 Å². The van der Waals surface area contributed by atoms with Gasteiger partial charge in [-0.25, -0.2) is 0 Å². The molecule has 48 heavy (non-hydrogen) atoms. The molecule has 0 aromatic heterocycles. The Hall–Kier alpha value is -0.440. The van der Waals surface area contributed by atoms with E-state index in [1.165, 1.54) is 89.9 Å². The summed E-state index contributed by atoms with van der Waals surface area (Å²) in [5, 5.41) is 72.2. The molecule has 11 atom stereocenters. The van der Waals surface area contributed by atoms with Gasteiger partial charge in [0.05, 0.1) is 19.3 Å². The van der Waals surface area contributed by atoms with Crippen LogP contribution in [-0.2, 0) is 18.9 Å². The quantitative estimate of drug-likeness (QED) is 0.0570. The zero-order valence-corrected chi connectivity index (χ0v) is 30.1. The van der Waals surface area contributed by atoms with Crippen molar-refractivity contribution in [3.63, 3.8) is 0 Å². The molecule has 0 bridgehead atoms. The molecule has 11 nitrogen and oxygen atoms in total. The van der Waals surface area contributed by atoms with E-state index in [1.54, 1.807) is 0 Å². The minimum atomic E-state index is -1.70. The second-order valence-corrected chi connectivity index (χ2v) is 14.2. The summed E-state index contributed by atoms with van der Waals surface area (Å²) in [4.78, 5) is 0. The summed E-state index contributed by atoms with van der Waals surface area (Å²) in [6, 6.07) is 0. The van der Waals surface area contributed by atoms with Crippen molar-refractivity contribution in [2.24, 2.45) is 0 Å². The van der Waals surface area contributed by atoms with Crippen LogP contribution in [0.4, 0.5) is 0 Å². The van der Waals surface area contributed by atoms with E-state index >= 15 is 0 Å². The molecule has 0 aromatic carbocycles. The molecule has 286 valence electrons. The number of rotatable bonds is 28. The molecule has 7 N–H and O–H groups in total. The van der Waals surface area contributed by atoms with Gasteiger partial charge in [-0.15, -0.1) is 0 Å². The molecule has 2 heterocycles. The molecule has 0 spiro atoms. The SMILES string of the molecule is CCCCCCCCCCCCCCCCCC(CCCCCCC)O[C@@H]1O[C@H](CO)[C@H](O[C@H]2O[C@H](CO)[C@@H](O)[C@H](O)[C@H]2O)[C@H](O)[C@H]1O. The molecule has 0 amide bonds. The molecule has 2 aliphatic rings. The van der Waals surface area contributed by atoms with Gasteiger partial charge < -0.3 is 54.7 Å². The topological polar surface area (TPSA) is 179 Å². The molecule has 2 fully saturated rings. The summed E-state index contributed by atoms with van der Waals surface area (Å²) < 4.78 is 23.3. The minimum Gasteiger partial charge on any atom is -0.394 e. The third-order valence-electron chi connectivity index (χ3n) is 10.0. The fourth-order valence-corrected chi connectivity index (χ4v) is 6.86. The van der Waals surface area contributed by atoms with Crippen LogP contribution in [0.1, 0.15) is 155 Å². The average molecular weight is 693 g/mol. The van der Waals surface area contributed by atoms with E-state index < -0.39 is 74.6 Å². The summed E-state index contributed by atoms with van der Waals surface area (Å²) in [5.74, 6) is 0. The van der Waals surface area contributed by atoms with Crippen molar-refractivity contribution in [1.29, 1.82) is 0 Å². The van der Waals surface area contributed by atoms with Crippen LogP contribution in [0.5, 0.6) is 0 Å². The highest BCUT2D eigenvalue weighted by Gasteiger charge is 2.51. The molecule has 0 radical (unpaired) electrons. The number of hydrogen-bond acceptors (Lipinski definition) is 11. The van der Waals surface area contributed by atoms with Crippen LogP contribution in [0.3, 0.4) is 0 Å². The third-order valence-corrected chi connectivity index (χ3v) is 10.0. The van der Waals surface area contributed by atoms with E-state index in [0.717, 1.165) is 51.4 Å². The largest absolute Gasteiger partial charge is 0.394 e. The minimum absolute atomic E-state index is 0.178. The van der Waals surface area contributed by atoms with Crippen molar-refractivity contribution in [2.45, 2.75) is 223 Å². The molecule has 0 aromatic rings. The molecule has 11 heteroatoms. The second kappa shape index (κ2) is 26.4. The Kier molecular flexibility index (Phi) is 24.0. The lowest BCUT2D eigenvalue weighted by Crippen LogP contribution is -2.64. The number of aliphatic hydroxyl groups excluding tert-OH is 7. The monoisotopic (exact) mass is 693 g/mol. The zero-order valence-electron chi connectivity index (χ0n) is 30.1. The van der Waals surface area contributed by atoms with Crippen molar-refractivity contribution in [3.05, 3.63) is 0 Å². The van der Waals surface area contributed by atoms with Gasteiger partial charge in [-0.1, -0.05) is 142 Å². The van der Waals surface area contributed by atoms with Crippen LogP contribution >= 0.6 is 0 Å². The Balaban J connectivity index is 1.79. The first-order valence-electron chi connectivity index (χ1n) is 19.5. The maximum Gasteiger partial charge on any atom is 0.187 e. The van der Waals surface area contributed by atoms with E-state index in [4.69, 9.17) is 18.9 Å². The van der Waals surface area contributed by atoms with E-state index in [9.17, 15) is 35.7 Å². The fourth-order valence-electron chi connectivity index (χ4n) is 6.86. The van der Waals surface area contributed by atoms with Gasteiger partial charge in [0.1, 0.15) is 48.8 Å². The van der Waals surface area contributed by atoms with Gasteiger partial charge in [-0.3, -0.25) is 0 Å². The summed E-state index contributed by atoms with van der Waals surface area (Å²) in [5.41, 5.74) is 0. The highest BCUT2D eigenvalue weighted by molar-refractivity contribution is 4.94. The van der Waals surface area contributed by atoms with Crippen LogP contribution in [0.15, 0.2) is 0 Å². The van der Waals surface area contributed by atoms with Crippen LogP contribution in [0.25, 0.3) is 0 Å². The summed E-state index contributed by atoms with van der Waals surface area (Å²) in [6.45, 7) is 3.22. The second-order valence-electron chi connectivity index (χ2n) is 14.2. The van der Waals surface area contributed by atoms with E-state index in [1.807, 2.05) is 0 Å². The van der Waals surface area contributed by atoms with E-state index in [2.05, 4.69) is 13.8 Å². The standard InChI is InChI=1S/C37H72O11/c1-3-5-7-9-10-11-12-13-14-15-16-17-18-20-22-24-27(23-21-19-8-6-4-2)45-36-34(44)32(42)35(29(26-39)47-36)48-37-33(43)31(41)30(40)28(25-38)46-37/h27-44H,3-26H2,1-2H3/t27?,28-,29-,30-,31+,32-,33-,34-,35+,36-,37-/m1/s1. The first kappa shape index (κ1) is 43.7. The van der Waals surface area contributed by atoms with Crippen LogP contribution in [0.2, 0.25) is 0 Å². The van der Waals surface area contributed by atoms with Gasteiger partial charge >= 0.3 is 0 Å². The molecule has 1 unspecified atom stereocenters. The third kappa shape index (κ3) is 15.8. The van der Waals surface area contributed by atoms with Crippen LogP contribution in [0, 0.1) is 0 Å². The van der Waals surface area contributed by atoms with Crippen molar-refractivity contribution in [1.82, 2.24) is 0 Å². The van der Waals surface area contributed by atoms with Crippen molar-refractivity contribution < 1.29 is 54.7 Å². The van der Waals surface area contributed by atoms with Gasteiger partial charge in [0.15, 0.2) is 12.6 Å². The number of unbranched alkanes of at least 4 members (excludes halogenated alkanes) is 18. The number of aliphatic hydroxyl groups is 7. The average Bonchev–Trinajstić information content (AvgIpc) is 3.09. The summed E-state index contributed by atoms with van der Waals surface area (Å²) >= 11 is 0. The zero-order chi connectivity index (χ0) is 35.1. The van der Waals surface area contributed by atoms with Gasteiger partial charge in [0.2, 0.25) is 0 Å². The Morgan fingerprint density at radius 1 is 0.458 bits per heavy atom. The first-order valence-corrected chi connectivity index (χ1v) is 19.5. The summed E-state index contributed by atoms with van der Waals surface area (Å²) in [6.07, 6.45) is 12.0. The van der Waals surface area contributed by atoms with Crippen LogP contribution < -0.4 is 0 Å². The maximum absolute atomic E-state index is 11.0. The molecule has 0 aliphatic carbocycles. The van der Waals surface area contributed by atoms with Crippen molar-refractivity contribution >= 4 is 0 Å². The predicted molar refractivity (Wildman–Crippen MR) is 184 cm³/mol. The normalized spacial score (nSPS) is 31.7. The van der Waals surface area contributed by atoms with Gasteiger partial charge in [0, 0.05) is 0 Å². The Morgan fingerprint density at radius 2 is 0.854 bits per heavy atom. The predicted octanol–water partition coefficient (Wildman–Crippen LogP) is 4.62. The molecule has 0 saturated carbocycles. The smallest absolute Gasteiger partial charge is 0.187 e. The van der Waals surface area contributed by atoms with E-state index in [-0.39, 0.29) is 6.10 Å². The molecule has 2 rings (SSSR count). The first-order chi connectivity index (χ1) is 23.3. The van der Waals surface area contributed by atoms with Gasteiger partial charge in [0.25, 0.3) is 0 Å². The molecule has 2 aliphatic heterocycles. The van der Waals surface area contributed by atoms with Crippen molar-refractivity contribution in [2.75, 3.05) is 13.2 Å². The lowest BCUT2D eigenvalue weighted by atomic mass is 9.96. The van der Waals surface area contributed by atoms with Gasteiger partial charge in [-0.05, 0) is 12.8 Å². The molecular weight excluding hydrogens is 620 g/mol. The number of ether oxygens (including phenoxy) is 4. The lowest BCUT2D eigenvalue weighted by molar-refractivity contribution is -0.363. The fraction of sp³-hybridized carbons (Fsp3) is 1.00. The highest BCUT2D eigenvalue weighted by Crippen LogP contribution is 2.31.